The average molecular weight is 451 g/mol. The minimum absolute atomic E-state index is 0.104. The highest BCUT2D eigenvalue weighted by Crippen LogP contribution is 2.24. The van der Waals surface area contributed by atoms with Gasteiger partial charge < -0.3 is 14.2 Å². The van der Waals surface area contributed by atoms with Crippen LogP contribution in [0.25, 0.3) is 0 Å². The molecule has 6 nitrogen and oxygen atoms in total. The van der Waals surface area contributed by atoms with Crippen LogP contribution in [0.5, 0.6) is 5.75 Å². The molecule has 0 amide bonds. The molecule has 6 heteroatoms. The van der Waals surface area contributed by atoms with Crippen LogP contribution in [0.3, 0.4) is 0 Å². The maximum atomic E-state index is 12.9. The van der Waals surface area contributed by atoms with Gasteiger partial charge in [-0.1, -0.05) is 31.0 Å². The first-order valence-electron chi connectivity index (χ1n) is 11.9. The van der Waals surface area contributed by atoms with Crippen LogP contribution in [0.1, 0.15) is 95.3 Å². The molecule has 0 unspecified atom stereocenters. The summed E-state index contributed by atoms with van der Waals surface area (Å²) in [4.78, 5) is 38.6. The number of benzene rings is 2. The van der Waals surface area contributed by atoms with E-state index in [-0.39, 0.29) is 28.9 Å². The van der Waals surface area contributed by atoms with Crippen molar-refractivity contribution in [2.45, 2.75) is 76.4 Å². The summed E-state index contributed by atoms with van der Waals surface area (Å²) in [7, 11) is 0. The maximum absolute atomic E-state index is 12.9. The van der Waals surface area contributed by atoms with Crippen LogP contribution in [0, 0.1) is 0 Å². The monoisotopic (exact) mass is 450 g/mol. The molecular formula is C27H30O6. The molecule has 0 aliphatic heterocycles. The molecule has 0 heterocycles. The van der Waals surface area contributed by atoms with Gasteiger partial charge in [0.2, 0.25) is 0 Å². The third-order valence-electron chi connectivity index (χ3n) is 6.25. The average Bonchev–Trinajstić information content (AvgIpc) is 2.85. The number of para-hydroxylation sites is 1. The smallest absolute Gasteiger partial charge is 0.343 e. The third-order valence-corrected chi connectivity index (χ3v) is 6.25. The molecule has 0 aromatic heterocycles. The van der Waals surface area contributed by atoms with Crippen LogP contribution in [0.4, 0.5) is 0 Å². The molecule has 0 N–H and O–H groups in total. The zero-order valence-corrected chi connectivity index (χ0v) is 18.8. The van der Waals surface area contributed by atoms with E-state index >= 15 is 0 Å². The standard InChI is InChI=1S/C27H30O6/c28-25(31-22-10-4-1-5-11-22)19-16-20(26(29)32-23-12-6-2-7-13-23)18-21(17-19)27(30)33-24-14-8-3-9-15-24/h1,4-5,10-11,16-18,23-24H,2-3,6-9,12-15H2. The molecule has 2 saturated carbocycles. The van der Waals surface area contributed by atoms with E-state index in [1.165, 1.54) is 18.2 Å². The van der Waals surface area contributed by atoms with Gasteiger partial charge in [-0.25, -0.2) is 14.4 Å². The van der Waals surface area contributed by atoms with Crippen molar-refractivity contribution < 1.29 is 28.6 Å². The second kappa shape index (κ2) is 11.1. The van der Waals surface area contributed by atoms with E-state index in [1.807, 2.05) is 6.07 Å². The van der Waals surface area contributed by atoms with Gasteiger partial charge >= 0.3 is 17.9 Å². The molecule has 2 aromatic rings. The molecule has 33 heavy (non-hydrogen) atoms. The Morgan fingerprint density at radius 2 is 1.00 bits per heavy atom. The minimum atomic E-state index is -0.653. The Morgan fingerprint density at radius 1 is 0.576 bits per heavy atom. The van der Waals surface area contributed by atoms with Crippen molar-refractivity contribution in [2.24, 2.45) is 0 Å². The largest absolute Gasteiger partial charge is 0.459 e. The number of ether oxygens (including phenoxy) is 3. The van der Waals surface area contributed by atoms with Gasteiger partial charge in [0.25, 0.3) is 0 Å². The number of carbonyl (C=O) groups excluding carboxylic acids is 3. The molecule has 0 saturated heterocycles. The topological polar surface area (TPSA) is 78.9 Å². The molecule has 4 rings (SSSR count). The quantitative estimate of drug-likeness (QED) is 0.404. The fourth-order valence-corrected chi connectivity index (χ4v) is 4.44. The van der Waals surface area contributed by atoms with Gasteiger partial charge in [0.1, 0.15) is 18.0 Å². The Morgan fingerprint density at radius 3 is 1.45 bits per heavy atom. The van der Waals surface area contributed by atoms with Crippen molar-refractivity contribution in [1.29, 1.82) is 0 Å². The van der Waals surface area contributed by atoms with E-state index < -0.39 is 17.9 Å². The lowest BCUT2D eigenvalue weighted by molar-refractivity contribution is 0.0209. The molecule has 0 bridgehead atoms. The summed E-state index contributed by atoms with van der Waals surface area (Å²) in [6.07, 6.45) is 9.46. The summed E-state index contributed by atoms with van der Waals surface area (Å²) >= 11 is 0. The van der Waals surface area contributed by atoms with Gasteiger partial charge in [-0.3, -0.25) is 0 Å². The highest BCUT2D eigenvalue weighted by atomic mass is 16.5. The van der Waals surface area contributed by atoms with Gasteiger partial charge in [-0.2, -0.15) is 0 Å². The van der Waals surface area contributed by atoms with Crippen LogP contribution < -0.4 is 4.74 Å². The fraction of sp³-hybridized carbons (Fsp3) is 0.444. The van der Waals surface area contributed by atoms with E-state index in [0.29, 0.717) is 5.75 Å². The zero-order valence-electron chi connectivity index (χ0n) is 18.8. The van der Waals surface area contributed by atoms with Gasteiger partial charge in [0.05, 0.1) is 16.7 Å². The van der Waals surface area contributed by atoms with Crippen LogP contribution in [-0.4, -0.2) is 30.1 Å². The molecular weight excluding hydrogens is 420 g/mol. The minimum Gasteiger partial charge on any atom is -0.459 e. The molecule has 0 radical (unpaired) electrons. The molecule has 2 aromatic carbocycles. The van der Waals surface area contributed by atoms with Gasteiger partial charge in [0, 0.05) is 0 Å². The van der Waals surface area contributed by atoms with E-state index in [0.717, 1.165) is 64.2 Å². The van der Waals surface area contributed by atoms with Crippen molar-refractivity contribution in [1.82, 2.24) is 0 Å². The second-order valence-electron chi connectivity index (χ2n) is 8.83. The van der Waals surface area contributed by atoms with Crippen molar-refractivity contribution >= 4 is 17.9 Å². The summed E-state index contributed by atoms with van der Waals surface area (Å²) in [6, 6.07) is 13.0. The van der Waals surface area contributed by atoms with Gasteiger partial charge in [-0.15, -0.1) is 0 Å². The zero-order chi connectivity index (χ0) is 23.0. The molecule has 2 aliphatic carbocycles. The van der Waals surface area contributed by atoms with Crippen molar-refractivity contribution in [3.63, 3.8) is 0 Å². The first kappa shape index (κ1) is 23.0. The maximum Gasteiger partial charge on any atom is 0.343 e. The Labute approximate surface area is 194 Å². The van der Waals surface area contributed by atoms with Crippen LogP contribution in [0.15, 0.2) is 48.5 Å². The van der Waals surface area contributed by atoms with E-state index in [9.17, 15) is 14.4 Å². The molecule has 2 fully saturated rings. The molecule has 174 valence electrons. The second-order valence-corrected chi connectivity index (χ2v) is 8.83. The third kappa shape index (κ3) is 6.44. The number of esters is 3. The molecule has 0 spiro atoms. The van der Waals surface area contributed by atoms with Gasteiger partial charge in [-0.05, 0) is 81.7 Å². The lowest BCUT2D eigenvalue weighted by Crippen LogP contribution is -2.23. The van der Waals surface area contributed by atoms with E-state index in [4.69, 9.17) is 14.2 Å². The SMILES string of the molecule is O=C(Oc1ccccc1)c1cc(C(=O)OC2CCCCC2)cc(C(=O)OC2CCCCC2)c1. The van der Waals surface area contributed by atoms with Crippen LogP contribution in [-0.2, 0) is 9.47 Å². The summed E-state index contributed by atoms with van der Waals surface area (Å²) in [5, 5.41) is 0. The first-order chi connectivity index (χ1) is 16.1. The lowest BCUT2D eigenvalue weighted by Gasteiger charge is -2.23. The Hall–Kier alpha value is -3.15. The van der Waals surface area contributed by atoms with Crippen molar-refractivity contribution in [3.05, 3.63) is 65.2 Å². The number of hydrogen-bond acceptors (Lipinski definition) is 6. The number of carbonyl (C=O) groups is 3. The first-order valence-corrected chi connectivity index (χ1v) is 11.9. The fourth-order valence-electron chi connectivity index (χ4n) is 4.44. The Balaban J connectivity index is 1.56. The normalized spacial score (nSPS) is 17.2. The number of hydrogen-bond donors (Lipinski definition) is 0. The summed E-state index contributed by atoms with van der Waals surface area (Å²) in [5.74, 6) is -1.35. The lowest BCUT2D eigenvalue weighted by atomic mass is 9.97. The molecule has 0 atom stereocenters. The van der Waals surface area contributed by atoms with E-state index in [1.54, 1.807) is 24.3 Å². The Kier molecular flexibility index (Phi) is 7.76. The predicted molar refractivity (Wildman–Crippen MR) is 122 cm³/mol. The molecule has 2 aliphatic rings. The van der Waals surface area contributed by atoms with Crippen molar-refractivity contribution in [2.75, 3.05) is 0 Å². The summed E-state index contributed by atoms with van der Waals surface area (Å²) in [6.45, 7) is 0. The highest BCUT2D eigenvalue weighted by Gasteiger charge is 2.24. The van der Waals surface area contributed by atoms with Crippen LogP contribution >= 0.6 is 0 Å². The Bertz CT molecular complexity index is 921. The van der Waals surface area contributed by atoms with E-state index in [2.05, 4.69) is 0 Å². The summed E-state index contributed by atoms with van der Waals surface area (Å²) < 4.78 is 16.8. The highest BCUT2D eigenvalue weighted by molar-refractivity contribution is 6.01. The predicted octanol–water partition coefficient (Wildman–Crippen LogP) is 5.88. The van der Waals surface area contributed by atoms with Gasteiger partial charge in [0.15, 0.2) is 0 Å². The van der Waals surface area contributed by atoms with Crippen molar-refractivity contribution in [3.8, 4) is 5.75 Å². The van der Waals surface area contributed by atoms with Crippen LogP contribution in [0.2, 0.25) is 0 Å². The number of rotatable bonds is 6. The summed E-state index contributed by atoms with van der Waals surface area (Å²) in [5.41, 5.74) is 0.407.